The maximum Gasteiger partial charge on any atom is 0.316 e. The molecule has 0 aliphatic rings. The second kappa shape index (κ2) is 9.63. The fourth-order valence-corrected chi connectivity index (χ4v) is 2.81. The van der Waals surface area contributed by atoms with Gasteiger partial charge in [-0.25, -0.2) is 0 Å². The number of hydrogen-bond acceptors (Lipinski definition) is 4. The van der Waals surface area contributed by atoms with Crippen LogP contribution in [0.2, 0.25) is 0 Å². The van der Waals surface area contributed by atoms with Crippen LogP contribution in [-0.4, -0.2) is 11.9 Å². The first kappa shape index (κ1) is 25.9. The molecule has 0 saturated carbocycles. The summed E-state index contributed by atoms with van der Waals surface area (Å²) in [6.07, 6.45) is 22.8. The number of carbonyl (C=O) groups excluding carboxylic acids is 2. The number of carbonyl (C=O) groups is 2. The molecule has 0 radical (unpaired) electrons. The molecule has 0 heterocycles. The maximum atomic E-state index is 12.8. The van der Waals surface area contributed by atoms with Crippen molar-refractivity contribution in [2.75, 3.05) is 0 Å². The standard InChI is InChI=1S/C30H26O4/c1-11-19-15-21(13-3)25(23(17-19)33-27(31)29(5,6)7)26-22(14-4)16-20(12-2)18-24(26)34-28(32)30(8,9)10/h1-4,15-18H,5-10H3. The number of hydrogen-bond donors (Lipinski definition) is 0. The Morgan fingerprint density at radius 2 is 0.941 bits per heavy atom. The summed E-state index contributed by atoms with van der Waals surface area (Å²) in [5, 5.41) is 0. The molecular formula is C30H26O4. The number of rotatable bonds is 3. The van der Waals surface area contributed by atoms with Gasteiger partial charge in [-0.05, 0) is 65.8 Å². The van der Waals surface area contributed by atoms with Crippen LogP contribution in [-0.2, 0) is 9.59 Å². The molecule has 34 heavy (non-hydrogen) atoms. The summed E-state index contributed by atoms with van der Waals surface area (Å²) in [6.45, 7) is 10.3. The third-order valence-corrected chi connectivity index (χ3v) is 4.73. The van der Waals surface area contributed by atoms with E-state index in [4.69, 9.17) is 35.2 Å². The predicted molar refractivity (Wildman–Crippen MR) is 134 cm³/mol. The lowest BCUT2D eigenvalue weighted by atomic mass is 9.90. The third kappa shape index (κ3) is 5.51. The van der Waals surface area contributed by atoms with E-state index in [2.05, 4.69) is 23.7 Å². The van der Waals surface area contributed by atoms with Crippen LogP contribution in [0.4, 0.5) is 0 Å². The van der Waals surface area contributed by atoms with Crippen LogP contribution in [0.3, 0.4) is 0 Å². The van der Waals surface area contributed by atoms with Crippen molar-refractivity contribution >= 4 is 11.9 Å². The van der Waals surface area contributed by atoms with Gasteiger partial charge in [-0.1, -0.05) is 23.7 Å². The highest BCUT2D eigenvalue weighted by molar-refractivity contribution is 5.91. The molecule has 0 aliphatic heterocycles. The molecule has 2 aromatic rings. The lowest BCUT2D eigenvalue weighted by molar-refractivity contribution is -0.143. The highest BCUT2D eigenvalue weighted by Crippen LogP contribution is 2.43. The largest absolute Gasteiger partial charge is 0.425 e. The summed E-state index contributed by atoms with van der Waals surface area (Å²) in [4.78, 5) is 25.6. The zero-order chi connectivity index (χ0) is 25.8. The van der Waals surface area contributed by atoms with Crippen LogP contribution in [0.1, 0.15) is 63.8 Å². The van der Waals surface area contributed by atoms with Gasteiger partial charge in [-0.3, -0.25) is 9.59 Å². The van der Waals surface area contributed by atoms with Gasteiger partial charge in [0, 0.05) is 33.4 Å². The Labute approximate surface area is 202 Å². The molecule has 4 heteroatoms. The molecule has 0 N–H and O–H groups in total. The molecule has 0 bridgehead atoms. The van der Waals surface area contributed by atoms with Crippen LogP contribution in [0.15, 0.2) is 24.3 Å². The summed E-state index contributed by atoms with van der Waals surface area (Å²) in [5.41, 5.74) is 0.399. The lowest BCUT2D eigenvalue weighted by Crippen LogP contribution is -2.26. The minimum Gasteiger partial charge on any atom is -0.425 e. The molecule has 0 saturated heterocycles. The van der Waals surface area contributed by atoms with Crippen molar-refractivity contribution in [2.24, 2.45) is 10.8 Å². The van der Waals surface area contributed by atoms with Gasteiger partial charge in [0.05, 0.1) is 10.8 Å². The highest BCUT2D eigenvalue weighted by atomic mass is 16.5. The normalized spacial score (nSPS) is 10.8. The predicted octanol–water partition coefficient (Wildman–Crippen LogP) is 5.18. The van der Waals surface area contributed by atoms with Crippen molar-refractivity contribution in [3.05, 3.63) is 46.5 Å². The first-order chi connectivity index (χ1) is 15.8. The van der Waals surface area contributed by atoms with Gasteiger partial charge in [0.1, 0.15) is 11.5 Å². The molecule has 170 valence electrons. The number of esters is 2. The van der Waals surface area contributed by atoms with Crippen molar-refractivity contribution in [1.29, 1.82) is 0 Å². The van der Waals surface area contributed by atoms with Gasteiger partial charge in [-0.15, -0.1) is 25.7 Å². The van der Waals surface area contributed by atoms with E-state index in [1.807, 2.05) is 0 Å². The zero-order valence-corrected chi connectivity index (χ0v) is 20.3. The summed E-state index contributed by atoms with van der Waals surface area (Å²) >= 11 is 0. The Kier molecular flexibility index (Phi) is 7.33. The molecule has 0 aliphatic carbocycles. The molecule has 0 spiro atoms. The van der Waals surface area contributed by atoms with Gasteiger partial charge >= 0.3 is 11.9 Å². The van der Waals surface area contributed by atoms with Crippen LogP contribution in [0.5, 0.6) is 11.5 Å². The smallest absolute Gasteiger partial charge is 0.316 e. The molecule has 0 amide bonds. The van der Waals surface area contributed by atoms with E-state index < -0.39 is 22.8 Å². The van der Waals surface area contributed by atoms with Crippen molar-refractivity contribution in [1.82, 2.24) is 0 Å². The Hall–Kier alpha value is -4.38. The molecule has 4 nitrogen and oxygen atoms in total. The minimum absolute atomic E-state index is 0.0985. The maximum absolute atomic E-state index is 12.8. The summed E-state index contributed by atoms with van der Waals surface area (Å²) < 4.78 is 11.5. The Bertz CT molecular complexity index is 1230. The first-order valence-corrected chi connectivity index (χ1v) is 10.4. The number of ether oxygens (including phenoxy) is 2. The fraction of sp³-hybridized carbons (Fsp3) is 0.267. The van der Waals surface area contributed by atoms with Gasteiger partial charge in [0.15, 0.2) is 0 Å². The summed E-state index contributed by atoms with van der Waals surface area (Å²) in [6, 6.07) is 6.22. The van der Waals surface area contributed by atoms with Crippen LogP contribution < -0.4 is 9.47 Å². The zero-order valence-electron chi connectivity index (χ0n) is 20.3. The van der Waals surface area contributed by atoms with Crippen molar-refractivity contribution in [3.8, 4) is 72.0 Å². The van der Waals surface area contributed by atoms with Crippen molar-refractivity contribution < 1.29 is 19.1 Å². The van der Waals surface area contributed by atoms with Crippen LogP contribution >= 0.6 is 0 Å². The summed E-state index contributed by atoms with van der Waals surface area (Å²) in [5.74, 6) is 9.34. The molecule has 0 unspecified atom stereocenters. The lowest BCUT2D eigenvalue weighted by Gasteiger charge is -2.23. The Balaban J connectivity index is 3.00. The average Bonchev–Trinajstić information content (AvgIpc) is 2.76. The van der Waals surface area contributed by atoms with E-state index in [-0.39, 0.29) is 11.5 Å². The second-order valence-corrected chi connectivity index (χ2v) is 9.65. The second-order valence-electron chi connectivity index (χ2n) is 9.65. The molecule has 0 atom stereocenters. The Morgan fingerprint density at radius 3 is 1.18 bits per heavy atom. The molecule has 0 aromatic heterocycles. The van der Waals surface area contributed by atoms with Gasteiger partial charge < -0.3 is 9.47 Å². The van der Waals surface area contributed by atoms with Crippen LogP contribution in [0.25, 0.3) is 11.1 Å². The third-order valence-electron chi connectivity index (χ3n) is 4.73. The van der Waals surface area contributed by atoms with E-state index in [1.165, 1.54) is 12.1 Å². The summed E-state index contributed by atoms with van der Waals surface area (Å²) in [7, 11) is 0. The molecule has 2 rings (SSSR count). The van der Waals surface area contributed by atoms with Crippen molar-refractivity contribution in [3.63, 3.8) is 0 Å². The van der Waals surface area contributed by atoms with E-state index in [0.717, 1.165) is 0 Å². The van der Waals surface area contributed by atoms with E-state index in [1.54, 1.807) is 53.7 Å². The van der Waals surface area contributed by atoms with Gasteiger partial charge in [0.25, 0.3) is 0 Å². The number of terminal acetylenes is 4. The molecule has 0 fully saturated rings. The van der Waals surface area contributed by atoms with E-state index in [0.29, 0.717) is 33.4 Å². The minimum atomic E-state index is -0.816. The Morgan fingerprint density at radius 1 is 0.618 bits per heavy atom. The fourth-order valence-electron chi connectivity index (χ4n) is 2.81. The monoisotopic (exact) mass is 450 g/mol. The highest BCUT2D eigenvalue weighted by Gasteiger charge is 2.30. The average molecular weight is 451 g/mol. The number of benzene rings is 2. The van der Waals surface area contributed by atoms with Gasteiger partial charge in [0.2, 0.25) is 0 Å². The molecule has 2 aromatic carbocycles. The van der Waals surface area contributed by atoms with Gasteiger partial charge in [-0.2, -0.15) is 0 Å². The first-order valence-electron chi connectivity index (χ1n) is 10.4. The van der Waals surface area contributed by atoms with E-state index >= 15 is 0 Å². The van der Waals surface area contributed by atoms with Crippen LogP contribution in [0, 0.1) is 60.2 Å². The topological polar surface area (TPSA) is 52.6 Å². The van der Waals surface area contributed by atoms with Crippen molar-refractivity contribution in [2.45, 2.75) is 41.5 Å². The van der Waals surface area contributed by atoms with E-state index in [9.17, 15) is 9.59 Å². The SMILES string of the molecule is C#Cc1cc(C#C)c(-c2c(C#C)cc(C#C)cc2OC(=O)C(C)(C)C)c(OC(=O)C(C)(C)C)c1. The molecular weight excluding hydrogens is 424 g/mol. The quantitative estimate of drug-likeness (QED) is 0.367.